The van der Waals surface area contributed by atoms with Gasteiger partial charge in [-0.2, -0.15) is 0 Å². The zero-order valence-corrected chi connectivity index (χ0v) is 18.5. The van der Waals surface area contributed by atoms with Gasteiger partial charge in [-0.25, -0.2) is 4.79 Å². The van der Waals surface area contributed by atoms with Gasteiger partial charge in [-0.15, -0.1) is 0 Å². The molecule has 2 aromatic carbocycles. The average Bonchev–Trinajstić information content (AvgIpc) is 2.81. The molecule has 1 N–H and O–H groups in total. The van der Waals surface area contributed by atoms with Crippen molar-refractivity contribution in [2.24, 2.45) is 0 Å². The maximum Gasteiger partial charge on any atom is 0.331 e. The number of hydrogen-bond donors (Lipinski definition) is 1. The number of aromatic hydroxyl groups is 1. The molecule has 2 fully saturated rings. The van der Waals surface area contributed by atoms with Crippen LogP contribution >= 0.6 is 0 Å². The van der Waals surface area contributed by atoms with Gasteiger partial charge in [0.15, 0.2) is 11.5 Å². The van der Waals surface area contributed by atoms with Gasteiger partial charge < -0.3 is 19.3 Å². The molecule has 0 aliphatic carbocycles. The number of fused-ring (bicyclic) bond motifs is 9. The number of carbonyl (C=O) groups excluding carboxylic acids is 1. The fourth-order valence-electron chi connectivity index (χ4n) is 5.52. The van der Waals surface area contributed by atoms with E-state index in [0.717, 1.165) is 42.5 Å². The van der Waals surface area contributed by atoms with Crippen LogP contribution in [0.25, 0.3) is 17.2 Å². The number of carbonyl (C=O) groups is 1. The van der Waals surface area contributed by atoms with Crippen LogP contribution in [-0.4, -0.2) is 48.9 Å². The van der Waals surface area contributed by atoms with Crippen molar-refractivity contribution in [2.75, 3.05) is 20.8 Å². The molecule has 168 valence electrons. The van der Waals surface area contributed by atoms with Gasteiger partial charge in [0.1, 0.15) is 11.9 Å². The van der Waals surface area contributed by atoms with Gasteiger partial charge in [-0.1, -0.05) is 12.5 Å². The van der Waals surface area contributed by atoms with Gasteiger partial charge in [0.25, 0.3) is 0 Å². The summed E-state index contributed by atoms with van der Waals surface area (Å²) in [6, 6.07) is 9.76. The van der Waals surface area contributed by atoms with Gasteiger partial charge in [-0.05, 0) is 66.4 Å². The Hall–Kier alpha value is -2.99. The number of piperidine rings is 2. The molecule has 3 aliphatic heterocycles. The van der Waals surface area contributed by atoms with Crippen molar-refractivity contribution < 1.29 is 24.1 Å². The Morgan fingerprint density at radius 2 is 1.81 bits per heavy atom. The molecular weight excluding hydrogens is 406 g/mol. The van der Waals surface area contributed by atoms with Gasteiger partial charge in [0.2, 0.25) is 0 Å². The second-order valence-corrected chi connectivity index (χ2v) is 8.84. The van der Waals surface area contributed by atoms with E-state index in [0.29, 0.717) is 29.5 Å². The molecular formula is C26H29NO5. The highest BCUT2D eigenvalue weighted by Crippen LogP contribution is 2.47. The fraction of sp³-hybridized carbons (Fsp3) is 0.423. The lowest BCUT2D eigenvalue weighted by Crippen LogP contribution is -2.49. The highest BCUT2D eigenvalue weighted by molar-refractivity contribution is 5.88. The Morgan fingerprint density at radius 1 is 1.00 bits per heavy atom. The Balaban J connectivity index is 1.76. The number of ether oxygens (including phenoxy) is 3. The first kappa shape index (κ1) is 20.9. The number of rotatable bonds is 2. The molecule has 2 aromatic rings. The summed E-state index contributed by atoms with van der Waals surface area (Å²) < 4.78 is 17.2. The summed E-state index contributed by atoms with van der Waals surface area (Å²) in [4.78, 5) is 15.1. The van der Waals surface area contributed by atoms with E-state index in [2.05, 4.69) is 4.90 Å². The standard InChI is InChI=1S/C26H29NO5/c1-30-24-14-19-20(15-25(24)31-2)22-13-18(12-17-5-3-4-10-27(17)22)32-26(29)9-7-16-6-8-23(28)21(19)11-16/h6-9,11,14-15,17-18,22,28H,3-5,10,12-13H2,1-2H3/b9-7-. The predicted octanol–water partition coefficient (Wildman–Crippen LogP) is 4.70. The van der Waals surface area contributed by atoms with E-state index in [-0.39, 0.29) is 23.9 Å². The summed E-state index contributed by atoms with van der Waals surface area (Å²) in [6.45, 7) is 1.01. The molecule has 3 atom stereocenters. The van der Waals surface area contributed by atoms with Crippen molar-refractivity contribution in [1.29, 1.82) is 0 Å². The molecule has 3 heterocycles. The van der Waals surface area contributed by atoms with Crippen LogP contribution in [0.5, 0.6) is 17.2 Å². The monoisotopic (exact) mass is 435 g/mol. The van der Waals surface area contributed by atoms with Crippen LogP contribution in [0.1, 0.15) is 49.3 Å². The number of benzene rings is 2. The lowest BCUT2D eigenvalue weighted by Gasteiger charge is -2.48. The number of phenols is 1. The molecule has 3 aliphatic rings. The first-order valence-electron chi connectivity index (χ1n) is 11.3. The minimum absolute atomic E-state index is 0.0492. The van der Waals surface area contributed by atoms with Crippen molar-refractivity contribution in [3.8, 4) is 28.4 Å². The van der Waals surface area contributed by atoms with E-state index in [1.165, 1.54) is 12.5 Å². The number of hydrogen-bond acceptors (Lipinski definition) is 6. The predicted molar refractivity (Wildman–Crippen MR) is 122 cm³/mol. The van der Waals surface area contributed by atoms with E-state index in [4.69, 9.17) is 14.2 Å². The summed E-state index contributed by atoms with van der Waals surface area (Å²) in [5.74, 6) is 1.15. The molecule has 5 rings (SSSR count). The van der Waals surface area contributed by atoms with E-state index in [1.54, 1.807) is 32.4 Å². The van der Waals surface area contributed by atoms with Crippen molar-refractivity contribution in [3.05, 3.63) is 47.5 Å². The molecule has 2 saturated heterocycles. The maximum absolute atomic E-state index is 12.5. The quantitative estimate of drug-likeness (QED) is 0.690. The van der Waals surface area contributed by atoms with Crippen LogP contribution in [-0.2, 0) is 9.53 Å². The number of nitrogens with zero attached hydrogens (tertiary/aromatic N) is 1. The van der Waals surface area contributed by atoms with Gasteiger partial charge in [0.05, 0.1) is 14.2 Å². The summed E-state index contributed by atoms with van der Waals surface area (Å²) in [6.07, 6.45) is 8.08. The molecule has 0 spiro atoms. The van der Waals surface area contributed by atoms with Crippen LogP contribution in [0.15, 0.2) is 36.4 Å². The van der Waals surface area contributed by atoms with Crippen LogP contribution in [0, 0.1) is 0 Å². The highest BCUT2D eigenvalue weighted by Gasteiger charge is 2.40. The molecule has 0 radical (unpaired) electrons. The minimum Gasteiger partial charge on any atom is -0.507 e. The molecule has 0 amide bonds. The van der Waals surface area contributed by atoms with Crippen molar-refractivity contribution in [2.45, 2.75) is 50.3 Å². The number of phenolic OH excluding ortho intramolecular Hbond substituents is 1. The van der Waals surface area contributed by atoms with Crippen molar-refractivity contribution >= 4 is 12.0 Å². The van der Waals surface area contributed by atoms with Crippen LogP contribution in [0.4, 0.5) is 0 Å². The van der Waals surface area contributed by atoms with E-state index in [1.807, 2.05) is 18.2 Å². The third-order valence-corrected chi connectivity index (χ3v) is 7.01. The normalized spacial score (nSPS) is 25.9. The lowest BCUT2D eigenvalue weighted by atomic mass is 9.81. The Labute approximate surface area is 188 Å². The first-order chi connectivity index (χ1) is 15.6. The van der Waals surface area contributed by atoms with Crippen molar-refractivity contribution in [1.82, 2.24) is 4.90 Å². The third kappa shape index (κ3) is 3.73. The molecule has 3 unspecified atom stereocenters. The highest BCUT2D eigenvalue weighted by atomic mass is 16.5. The number of methoxy groups -OCH3 is 2. The van der Waals surface area contributed by atoms with E-state index < -0.39 is 0 Å². The Bertz CT molecular complexity index is 1060. The van der Waals surface area contributed by atoms with Crippen molar-refractivity contribution in [3.63, 3.8) is 0 Å². The van der Waals surface area contributed by atoms with Crippen LogP contribution in [0.2, 0.25) is 0 Å². The Morgan fingerprint density at radius 3 is 2.62 bits per heavy atom. The van der Waals surface area contributed by atoms with Crippen LogP contribution < -0.4 is 9.47 Å². The molecule has 0 saturated carbocycles. The van der Waals surface area contributed by atoms with E-state index in [9.17, 15) is 9.90 Å². The second kappa shape index (κ2) is 8.51. The smallest absolute Gasteiger partial charge is 0.331 e. The maximum atomic E-state index is 12.5. The minimum atomic E-state index is -0.319. The zero-order chi connectivity index (χ0) is 22.2. The second-order valence-electron chi connectivity index (χ2n) is 8.84. The van der Waals surface area contributed by atoms with Crippen LogP contribution in [0.3, 0.4) is 0 Å². The molecule has 32 heavy (non-hydrogen) atoms. The Kier molecular flexibility index (Phi) is 5.55. The summed E-state index contributed by atoms with van der Waals surface area (Å²) >= 11 is 0. The van der Waals surface area contributed by atoms with Gasteiger partial charge >= 0.3 is 5.97 Å². The summed E-state index contributed by atoms with van der Waals surface area (Å²) in [7, 11) is 3.26. The molecule has 6 nitrogen and oxygen atoms in total. The lowest BCUT2D eigenvalue weighted by molar-refractivity contribution is -0.148. The van der Waals surface area contributed by atoms with E-state index >= 15 is 0 Å². The summed E-state index contributed by atoms with van der Waals surface area (Å²) in [5, 5.41) is 10.8. The largest absolute Gasteiger partial charge is 0.507 e. The zero-order valence-electron chi connectivity index (χ0n) is 18.5. The molecule has 4 bridgehead atoms. The fourth-order valence-corrected chi connectivity index (χ4v) is 5.52. The van der Waals surface area contributed by atoms with Gasteiger partial charge in [-0.3, -0.25) is 4.90 Å². The average molecular weight is 436 g/mol. The van der Waals surface area contributed by atoms with Gasteiger partial charge in [0, 0.05) is 36.6 Å². The molecule has 0 aromatic heterocycles. The first-order valence-corrected chi connectivity index (χ1v) is 11.3. The topological polar surface area (TPSA) is 68.2 Å². The summed E-state index contributed by atoms with van der Waals surface area (Å²) in [5.41, 5.74) is 3.51. The number of esters is 1. The third-order valence-electron chi connectivity index (χ3n) is 7.01. The SMILES string of the molecule is COc1cc2c(cc1OC)C1CC(CC3CCCCN31)OC(=O)/C=C\c1ccc(O)c-2c1. The molecule has 6 heteroatoms.